The fourth-order valence-corrected chi connectivity index (χ4v) is 5.37. The molecule has 1 aliphatic carbocycles. The lowest BCUT2D eigenvalue weighted by molar-refractivity contribution is 0.112. The van der Waals surface area contributed by atoms with Gasteiger partial charge in [-0.1, -0.05) is 12.1 Å². The number of aromatic nitrogens is 3. The van der Waals surface area contributed by atoms with Crippen molar-refractivity contribution in [3.63, 3.8) is 0 Å². The maximum Gasteiger partial charge on any atom is 0.0626 e. The molecule has 3 heterocycles. The Balaban J connectivity index is 1.50. The van der Waals surface area contributed by atoms with E-state index in [4.69, 9.17) is 0 Å². The fourth-order valence-electron chi connectivity index (χ4n) is 5.37. The SMILES string of the molecule is Cc1n[nH]c(C)c1C[C@@H]1CC2c3cccc4[nH]cc(c34)C[C@H]2N(C)C1. The second kappa shape index (κ2) is 5.46. The minimum absolute atomic E-state index is 0.636. The number of H-pyrrole nitrogens is 2. The highest BCUT2D eigenvalue weighted by molar-refractivity contribution is 5.88. The maximum absolute atomic E-state index is 4.39. The van der Waals surface area contributed by atoms with Crippen molar-refractivity contribution < 1.29 is 0 Å². The fraction of sp³-hybridized carbons (Fsp3) is 0.476. The molecule has 4 nitrogen and oxygen atoms in total. The topological polar surface area (TPSA) is 47.7 Å². The molecule has 1 aromatic carbocycles. The first-order valence-corrected chi connectivity index (χ1v) is 9.41. The Morgan fingerprint density at radius 2 is 2.16 bits per heavy atom. The number of aromatic amines is 2. The van der Waals surface area contributed by atoms with Gasteiger partial charge in [-0.25, -0.2) is 0 Å². The van der Waals surface area contributed by atoms with Gasteiger partial charge in [-0.3, -0.25) is 5.10 Å². The quantitative estimate of drug-likeness (QED) is 0.750. The summed E-state index contributed by atoms with van der Waals surface area (Å²) in [5.41, 5.74) is 8.19. The van der Waals surface area contributed by atoms with Crippen LogP contribution in [0, 0.1) is 19.8 Å². The van der Waals surface area contributed by atoms with Gasteiger partial charge in [0.05, 0.1) is 5.69 Å². The molecule has 4 heteroatoms. The lowest BCUT2D eigenvalue weighted by atomic mass is 9.71. The van der Waals surface area contributed by atoms with Gasteiger partial charge < -0.3 is 9.88 Å². The molecule has 1 fully saturated rings. The zero-order valence-corrected chi connectivity index (χ0v) is 15.3. The summed E-state index contributed by atoms with van der Waals surface area (Å²) in [7, 11) is 2.32. The Hall–Kier alpha value is -2.07. The Morgan fingerprint density at radius 1 is 1.28 bits per heavy atom. The van der Waals surface area contributed by atoms with Crippen LogP contribution in [0.2, 0.25) is 0 Å². The van der Waals surface area contributed by atoms with E-state index in [1.165, 1.54) is 52.8 Å². The lowest BCUT2D eigenvalue weighted by Gasteiger charge is -2.45. The van der Waals surface area contributed by atoms with Gasteiger partial charge in [-0.2, -0.15) is 5.10 Å². The molecule has 3 atom stereocenters. The number of hydrogen-bond donors (Lipinski definition) is 2. The van der Waals surface area contributed by atoms with Crippen LogP contribution in [0.1, 0.15) is 40.4 Å². The highest BCUT2D eigenvalue weighted by Crippen LogP contribution is 2.44. The van der Waals surface area contributed by atoms with Crippen molar-refractivity contribution in [1.29, 1.82) is 0 Å². The highest BCUT2D eigenvalue weighted by atomic mass is 15.1. The van der Waals surface area contributed by atoms with E-state index >= 15 is 0 Å². The van der Waals surface area contributed by atoms with Crippen LogP contribution < -0.4 is 0 Å². The van der Waals surface area contributed by atoms with Gasteiger partial charge in [0.25, 0.3) is 0 Å². The third-order valence-electron chi connectivity index (χ3n) is 6.59. The molecule has 2 aromatic heterocycles. The minimum atomic E-state index is 0.636. The Bertz CT molecular complexity index is 915. The van der Waals surface area contributed by atoms with E-state index in [-0.39, 0.29) is 0 Å². The Labute approximate surface area is 148 Å². The zero-order valence-electron chi connectivity index (χ0n) is 15.3. The number of fused-ring (bicyclic) bond motifs is 2. The molecular formula is C21H26N4. The van der Waals surface area contributed by atoms with E-state index in [0.29, 0.717) is 17.9 Å². The van der Waals surface area contributed by atoms with E-state index in [1.54, 1.807) is 5.56 Å². The summed E-state index contributed by atoms with van der Waals surface area (Å²) in [6.45, 7) is 5.46. The average Bonchev–Trinajstić information content (AvgIpc) is 3.16. The standard InChI is InChI=1S/C21H26N4/c1-12-17(13(2)24-23-12)7-14-8-18-16-5-4-6-19-21(16)15(10-22-19)9-20(18)25(3)11-14/h4-6,10,14,18,20,22H,7-9,11H2,1-3H3,(H,23,24)/t14-,18?,20-/m1/s1. The highest BCUT2D eigenvalue weighted by Gasteiger charge is 2.39. The predicted octanol–water partition coefficient (Wildman–Crippen LogP) is 3.71. The number of nitrogens with one attached hydrogen (secondary N) is 2. The first-order chi connectivity index (χ1) is 12.1. The molecule has 0 amide bonds. The molecule has 5 rings (SSSR count). The molecule has 3 aromatic rings. The van der Waals surface area contributed by atoms with Gasteiger partial charge >= 0.3 is 0 Å². The Morgan fingerprint density at radius 3 is 2.96 bits per heavy atom. The third-order valence-corrected chi connectivity index (χ3v) is 6.59. The van der Waals surface area contributed by atoms with Gasteiger partial charge in [0.2, 0.25) is 0 Å². The van der Waals surface area contributed by atoms with Crippen molar-refractivity contribution in [2.75, 3.05) is 13.6 Å². The van der Waals surface area contributed by atoms with Crippen LogP contribution in [0.5, 0.6) is 0 Å². The predicted molar refractivity (Wildman–Crippen MR) is 101 cm³/mol. The number of aryl methyl sites for hydroxylation is 2. The molecule has 2 aliphatic rings. The van der Waals surface area contributed by atoms with E-state index in [2.05, 4.69) is 65.4 Å². The molecule has 0 spiro atoms. The summed E-state index contributed by atoms with van der Waals surface area (Å²) in [5.74, 6) is 1.33. The molecule has 2 N–H and O–H groups in total. The summed E-state index contributed by atoms with van der Waals surface area (Å²) in [4.78, 5) is 6.09. The molecular weight excluding hydrogens is 308 g/mol. The molecule has 25 heavy (non-hydrogen) atoms. The van der Waals surface area contributed by atoms with E-state index < -0.39 is 0 Å². The average molecular weight is 334 g/mol. The van der Waals surface area contributed by atoms with E-state index in [0.717, 1.165) is 6.42 Å². The minimum Gasteiger partial charge on any atom is -0.361 e. The van der Waals surface area contributed by atoms with Gasteiger partial charge in [0, 0.05) is 41.3 Å². The van der Waals surface area contributed by atoms with Crippen LogP contribution in [0.15, 0.2) is 24.4 Å². The number of likely N-dealkylation sites (tertiary alicyclic amines) is 1. The molecule has 130 valence electrons. The van der Waals surface area contributed by atoms with Crippen molar-refractivity contribution in [2.45, 2.75) is 45.1 Å². The smallest absolute Gasteiger partial charge is 0.0626 e. The molecule has 0 bridgehead atoms. The first-order valence-electron chi connectivity index (χ1n) is 9.41. The second-order valence-electron chi connectivity index (χ2n) is 8.12. The first kappa shape index (κ1) is 15.2. The van der Waals surface area contributed by atoms with Crippen molar-refractivity contribution in [1.82, 2.24) is 20.1 Å². The number of rotatable bonds is 2. The van der Waals surface area contributed by atoms with Gasteiger partial charge in [-0.05, 0) is 68.8 Å². The Kier molecular flexibility index (Phi) is 3.32. The molecule has 1 saturated heterocycles. The van der Waals surface area contributed by atoms with Gasteiger partial charge in [-0.15, -0.1) is 0 Å². The number of benzene rings is 1. The van der Waals surface area contributed by atoms with Crippen LogP contribution in [0.25, 0.3) is 10.9 Å². The van der Waals surface area contributed by atoms with E-state index in [9.17, 15) is 0 Å². The van der Waals surface area contributed by atoms with Crippen LogP contribution in [0.4, 0.5) is 0 Å². The van der Waals surface area contributed by atoms with E-state index in [1.807, 2.05) is 0 Å². The summed E-state index contributed by atoms with van der Waals surface area (Å²) < 4.78 is 0. The van der Waals surface area contributed by atoms with Crippen molar-refractivity contribution in [3.8, 4) is 0 Å². The van der Waals surface area contributed by atoms with Crippen molar-refractivity contribution in [3.05, 3.63) is 52.5 Å². The second-order valence-corrected chi connectivity index (χ2v) is 8.12. The van der Waals surface area contributed by atoms with Crippen LogP contribution in [-0.4, -0.2) is 39.7 Å². The summed E-state index contributed by atoms with van der Waals surface area (Å²) in [5, 5.41) is 9.04. The summed E-state index contributed by atoms with van der Waals surface area (Å²) in [6.07, 6.45) is 5.82. The van der Waals surface area contributed by atoms with Crippen LogP contribution in [0.3, 0.4) is 0 Å². The third kappa shape index (κ3) is 2.27. The normalized spacial score (nSPS) is 26.1. The maximum atomic E-state index is 4.39. The summed E-state index contributed by atoms with van der Waals surface area (Å²) >= 11 is 0. The van der Waals surface area contributed by atoms with Gasteiger partial charge in [0.1, 0.15) is 0 Å². The number of hydrogen-bond acceptors (Lipinski definition) is 2. The summed E-state index contributed by atoms with van der Waals surface area (Å²) in [6, 6.07) is 7.43. The van der Waals surface area contributed by atoms with Crippen molar-refractivity contribution in [2.24, 2.45) is 5.92 Å². The number of likely N-dealkylation sites (N-methyl/N-ethyl adjacent to an activating group) is 1. The lowest BCUT2D eigenvalue weighted by Crippen LogP contribution is -2.48. The van der Waals surface area contributed by atoms with Crippen LogP contribution in [-0.2, 0) is 12.8 Å². The van der Waals surface area contributed by atoms with Crippen LogP contribution >= 0.6 is 0 Å². The molecule has 1 unspecified atom stereocenters. The monoisotopic (exact) mass is 334 g/mol. The molecule has 0 saturated carbocycles. The number of piperidine rings is 1. The van der Waals surface area contributed by atoms with Gasteiger partial charge in [0.15, 0.2) is 0 Å². The number of nitrogens with zero attached hydrogens (tertiary/aromatic N) is 2. The van der Waals surface area contributed by atoms with Crippen molar-refractivity contribution >= 4 is 10.9 Å². The molecule has 0 radical (unpaired) electrons. The molecule has 1 aliphatic heterocycles. The largest absolute Gasteiger partial charge is 0.361 e. The zero-order chi connectivity index (χ0) is 17.1.